The molecule has 0 bridgehead atoms. The van der Waals surface area contributed by atoms with Crippen LogP contribution in [0.3, 0.4) is 0 Å². The van der Waals surface area contributed by atoms with Gasteiger partial charge >= 0.3 is 0 Å². The quantitative estimate of drug-likeness (QED) is 0.760. The fourth-order valence-corrected chi connectivity index (χ4v) is 2.67. The fourth-order valence-electron chi connectivity index (χ4n) is 2.67. The molecule has 0 spiro atoms. The normalized spacial score (nSPS) is 21.8. The van der Waals surface area contributed by atoms with Crippen molar-refractivity contribution in [2.24, 2.45) is 0 Å². The molecule has 1 aromatic carbocycles. The number of hydrogen-bond donors (Lipinski definition) is 2. The van der Waals surface area contributed by atoms with Gasteiger partial charge in [-0.05, 0) is 24.9 Å². The van der Waals surface area contributed by atoms with Crippen LogP contribution in [0.2, 0.25) is 0 Å². The van der Waals surface area contributed by atoms with Crippen molar-refractivity contribution in [3.8, 4) is 0 Å². The molecule has 2 rings (SSSR count). The Hall–Kier alpha value is -0.940. The van der Waals surface area contributed by atoms with Gasteiger partial charge < -0.3 is 19.9 Å². The van der Waals surface area contributed by atoms with E-state index in [-0.39, 0.29) is 12.7 Å². The Balaban J connectivity index is 1.98. The van der Waals surface area contributed by atoms with Crippen molar-refractivity contribution in [1.82, 2.24) is 5.32 Å². The second kappa shape index (κ2) is 7.74. The molecular weight excluding hydrogens is 254 g/mol. The monoisotopic (exact) mass is 279 g/mol. The molecule has 1 aliphatic heterocycles. The van der Waals surface area contributed by atoms with Crippen LogP contribution >= 0.6 is 0 Å². The van der Waals surface area contributed by atoms with Crippen molar-refractivity contribution < 1.29 is 14.6 Å². The Morgan fingerprint density at radius 2 is 2.20 bits per heavy atom. The van der Waals surface area contributed by atoms with Gasteiger partial charge in [-0.1, -0.05) is 37.3 Å². The Morgan fingerprint density at radius 1 is 1.40 bits per heavy atom. The largest absolute Gasteiger partial charge is 0.394 e. The van der Waals surface area contributed by atoms with Crippen molar-refractivity contribution in [3.05, 3.63) is 35.9 Å². The minimum atomic E-state index is -0.533. The molecule has 0 radical (unpaired) electrons. The fraction of sp³-hybridized carbons (Fsp3) is 0.625. The molecule has 1 heterocycles. The number of rotatable bonds is 8. The summed E-state index contributed by atoms with van der Waals surface area (Å²) < 4.78 is 11.4. The third kappa shape index (κ3) is 3.79. The Bertz CT molecular complexity index is 379. The SMILES string of the molecule is CCNC(CO)(COCC1CCCO1)c1ccccc1. The lowest BCUT2D eigenvalue weighted by molar-refractivity contribution is -0.0187. The van der Waals surface area contributed by atoms with Gasteiger partial charge in [-0.2, -0.15) is 0 Å². The van der Waals surface area contributed by atoms with Crippen LogP contribution in [-0.2, 0) is 15.0 Å². The Labute approximate surface area is 121 Å². The van der Waals surface area contributed by atoms with Crippen LogP contribution in [0.4, 0.5) is 0 Å². The van der Waals surface area contributed by atoms with Crippen LogP contribution < -0.4 is 5.32 Å². The van der Waals surface area contributed by atoms with Crippen molar-refractivity contribution >= 4 is 0 Å². The van der Waals surface area contributed by atoms with Gasteiger partial charge in [0.25, 0.3) is 0 Å². The summed E-state index contributed by atoms with van der Waals surface area (Å²) in [7, 11) is 0. The number of aliphatic hydroxyl groups excluding tert-OH is 1. The Morgan fingerprint density at radius 3 is 2.80 bits per heavy atom. The molecule has 2 N–H and O–H groups in total. The molecule has 4 heteroatoms. The van der Waals surface area contributed by atoms with E-state index in [9.17, 15) is 5.11 Å². The maximum absolute atomic E-state index is 9.88. The van der Waals surface area contributed by atoms with Crippen LogP contribution in [0.15, 0.2) is 30.3 Å². The minimum absolute atomic E-state index is 0.0103. The summed E-state index contributed by atoms with van der Waals surface area (Å²) in [5, 5.41) is 13.3. The van der Waals surface area contributed by atoms with E-state index in [1.54, 1.807) is 0 Å². The smallest absolute Gasteiger partial charge is 0.0905 e. The van der Waals surface area contributed by atoms with Gasteiger partial charge in [0, 0.05) is 6.61 Å². The molecule has 0 aliphatic carbocycles. The predicted molar refractivity (Wildman–Crippen MR) is 78.7 cm³/mol. The molecule has 1 aliphatic rings. The standard InChI is InChI=1S/C16H25NO3/c1-2-17-16(12-18,14-7-4-3-5-8-14)13-19-11-15-9-6-10-20-15/h3-5,7-8,15,17-18H,2,6,9-13H2,1H3. The first-order valence-electron chi connectivity index (χ1n) is 7.41. The van der Waals surface area contributed by atoms with E-state index in [4.69, 9.17) is 9.47 Å². The number of likely N-dealkylation sites (N-methyl/N-ethyl adjacent to an activating group) is 1. The first-order valence-corrected chi connectivity index (χ1v) is 7.41. The van der Waals surface area contributed by atoms with Gasteiger partial charge in [-0.25, -0.2) is 0 Å². The van der Waals surface area contributed by atoms with E-state index in [1.807, 2.05) is 37.3 Å². The Kier molecular flexibility index (Phi) is 5.98. The average Bonchev–Trinajstić information content (AvgIpc) is 3.00. The molecule has 112 valence electrons. The molecular formula is C16H25NO3. The summed E-state index contributed by atoms with van der Waals surface area (Å²) >= 11 is 0. The molecule has 1 fully saturated rings. The number of nitrogens with one attached hydrogen (secondary N) is 1. The first-order chi connectivity index (χ1) is 9.80. The highest BCUT2D eigenvalue weighted by Gasteiger charge is 2.31. The first kappa shape index (κ1) is 15.4. The second-order valence-corrected chi connectivity index (χ2v) is 5.29. The van der Waals surface area contributed by atoms with Gasteiger partial charge in [0.15, 0.2) is 0 Å². The number of benzene rings is 1. The zero-order chi connectivity index (χ0) is 14.3. The van der Waals surface area contributed by atoms with Crippen LogP contribution in [0.1, 0.15) is 25.3 Å². The van der Waals surface area contributed by atoms with Gasteiger partial charge in [-0.15, -0.1) is 0 Å². The van der Waals surface area contributed by atoms with E-state index < -0.39 is 5.54 Å². The highest BCUT2D eigenvalue weighted by Crippen LogP contribution is 2.22. The lowest BCUT2D eigenvalue weighted by Gasteiger charge is -2.33. The van der Waals surface area contributed by atoms with Crippen LogP contribution in [0.5, 0.6) is 0 Å². The van der Waals surface area contributed by atoms with Crippen molar-refractivity contribution in [2.75, 3.05) is 33.0 Å². The van der Waals surface area contributed by atoms with Crippen molar-refractivity contribution in [2.45, 2.75) is 31.4 Å². The molecule has 0 aromatic heterocycles. The van der Waals surface area contributed by atoms with Crippen molar-refractivity contribution in [1.29, 1.82) is 0 Å². The highest BCUT2D eigenvalue weighted by molar-refractivity contribution is 5.25. The van der Waals surface area contributed by atoms with E-state index >= 15 is 0 Å². The lowest BCUT2D eigenvalue weighted by atomic mass is 9.91. The van der Waals surface area contributed by atoms with E-state index in [0.717, 1.165) is 31.6 Å². The highest BCUT2D eigenvalue weighted by atomic mass is 16.5. The summed E-state index contributed by atoms with van der Waals surface area (Å²) in [6.45, 7) is 4.70. The molecule has 1 aromatic rings. The van der Waals surface area contributed by atoms with Gasteiger partial charge in [-0.3, -0.25) is 0 Å². The molecule has 2 unspecified atom stereocenters. The van der Waals surface area contributed by atoms with Gasteiger partial charge in [0.2, 0.25) is 0 Å². The maximum Gasteiger partial charge on any atom is 0.0905 e. The van der Waals surface area contributed by atoms with Crippen LogP contribution in [-0.4, -0.2) is 44.2 Å². The zero-order valence-corrected chi connectivity index (χ0v) is 12.2. The summed E-state index contributed by atoms with van der Waals surface area (Å²) in [6.07, 6.45) is 2.40. The van der Waals surface area contributed by atoms with Crippen molar-refractivity contribution in [3.63, 3.8) is 0 Å². The summed E-state index contributed by atoms with van der Waals surface area (Å²) in [5.74, 6) is 0. The molecule has 2 atom stereocenters. The maximum atomic E-state index is 9.88. The predicted octanol–water partition coefficient (Wildman–Crippen LogP) is 1.68. The molecule has 0 saturated carbocycles. The molecule has 0 amide bonds. The van der Waals surface area contributed by atoms with E-state index in [2.05, 4.69) is 5.32 Å². The number of ether oxygens (including phenoxy) is 2. The molecule has 20 heavy (non-hydrogen) atoms. The second-order valence-electron chi connectivity index (χ2n) is 5.29. The van der Waals surface area contributed by atoms with E-state index in [0.29, 0.717) is 13.2 Å². The lowest BCUT2D eigenvalue weighted by Crippen LogP contribution is -2.49. The third-order valence-corrected chi connectivity index (χ3v) is 3.79. The zero-order valence-electron chi connectivity index (χ0n) is 12.2. The molecule has 1 saturated heterocycles. The number of aliphatic hydroxyl groups is 1. The third-order valence-electron chi connectivity index (χ3n) is 3.79. The van der Waals surface area contributed by atoms with Crippen LogP contribution in [0.25, 0.3) is 0 Å². The topological polar surface area (TPSA) is 50.7 Å². The summed E-state index contributed by atoms with van der Waals surface area (Å²) in [5.41, 5.74) is 0.519. The minimum Gasteiger partial charge on any atom is -0.394 e. The van der Waals surface area contributed by atoms with Gasteiger partial charge in [0.05, 0.1) is 31.5 Å². The average molecular weight is 279 g/mol. The molecule has 4 nitrogen and oxygen atoms in total. The summed E-state index contributed by atoms with van der Waals surface area (Å²) in [4.78, 5) is 0. The number of hydrogen-bond acceptors (Lipinski definition) is 4. The van der Waals surface area contributed by atoms with E-state index in [1.165, 1.54) is 0 Å². The summed E-state index contributed by atoms with van der Waals surface area (Å²) in [6, 6.07) is 9.99. The van der Waals surface area contributed by atoms with Crippen LogP contribution in [0, 0.1) is 0 Å². The van der Waals surface area contributed by atoms with Gasteiger partial charge in [0.1, 0.15) is 0 Å².